The van der Waals surface area contributed by atoms with Crippen molar-refractivity contribution in [2.24, 2.45) is 0 Å². The second-order valence-corrected chi connectivity index (χ2v) is 2.49. The van der Waals surface area contributed by atoms with Crippen LogP contribution >= 0.6 is 0 Å². The molecule has 0 aliphatic rings. The monoisotopic (exact) mass is 149 g/mol. The molecule has 2 nitrogen and oxygen atoms in total. The molecule has 2 atom stereocenters. The van der Waals surface area contributed by atoms with Gasteiger partial charge in [0.25, 0.3) is 0 Å². The minimum atomic E-state index is -1.10. The summed E-state index contributed by atoms with van der Waals surface area (Å²) in [6.07, 6.45) is -0.519. The van der Waals surface area contributed by atoms with Crippen molar-refractivity contribution in [1.82, 2.24) is 5.32 Å². The number of aliphatic hydroxyl groups excluding tert-OH is 1. The fraction of sp³-hybridized carbons (Fsp3) is 1.00. The third-order valence-corrected chi connectivity index (χ3v) is 1.46. The van der Waals surface area contributed by atoms with Gasteiger partial charge >= 0.3 is 0 Å². The van der Waals surface area contributed by atoms with Gasteiger partial charge in [-0.15, -0.1) is 0 Å². The van der Waals surface area contributed by atoms with Gasteiger partial charge < -0.3 is 10.4 Å². The second kappa shape index (κ2) is 5.62. The molecule has 2 unspecified atom stereocenters. The minimum absolute atomic E-state index is 0.540. The molecule has 3 heteroatoms. The third-order valence-electron chi connectivity index (χ3n) is 1.46. The van der Waals surface area contributed by atoms with E-state index in [9.17, 15) is 4.39 Å². The van der Waals surface area contributed by atoms with Gasteiger partial charge in [0, 0.05) is 0 Å². The Morgan fingerprint density at radius 2 is 2.20 bits per heavy atom. The van der Waals surface area contributed by atoms with Gasteiger partial charge in [-0.25, -0.2) is 4.39 Å². The molecule has 0 radical (unpaired) electrons. The molecule has 0 aromatic heterocycles. The van der Waals surface area contributed by atoms with Crippen molar-refractivity contribution in [3.8, 4) is 0 Å². The van der Waals surface area contributed by atoms with E-state index < -0.39 is 12.3 Å². The largest absolute Gasteiger partial charge is 0.390 e. The Bertz CT molecular complexity index is 78.0. The fourth-order valence-electron chi connectivity index (χ4n) is 0.718. The highest BCUT2D eigenvalue weighted by molar-refractivity contribution is 4.62. The van der Waals surface area contributed by atoms with E-state index in [1.165, 1.54) is 6.92 Å². The van der Waals surface area contributed by atoms with E-state index in [-0.39, 0.29) is 0 Å². The summed E-state index contributed by atoms with van der Waals surface area (Å²) in [5, 5.41) is 11.9. The SMILES string of the molecule is CNCCCC(O)C(C)F. The van der Waals surface area contributed by atoms with Crippen LogP contribution < -0.4 is 5.32 Å². The molecule has 0 saturated carbocycles. The van der Waals surface area contributed by atoms with Crippen LogP contribution in [0, 0.1) is 0 Å². The van der Waals surface area contributed by atoms with E-state index in [1.54, 1.807) is 0 Å². The Morgan fingerprint density at radius 1 is 1.60 bits per heavy atom. The molecule has 10 heavy (non-hydrogen) atoms. The maximum Gasteiger partial charge on any atom is 0.123 e. The summed E-state index contributed by atoms with van der Waals surface area (Å²) in [5.41, 5.74) is 0. The molecule has 0 spiro atoms. The van der Waals surface area contributed by atoms with Gasteiger partial charge in [0.15, 0.2) is 0 Å². The van der Waals surface area contributed by atoms with Gasteiger partial charge in [0.1, 0.15) is 6.17 Å². The molecule has 0 heterocycles. The highest BCUT2D eigenvalue weighted by atomic mass is 19.1. The molecule has 0 aliphatic carbocycles. The molecule has 0 aromatic rings. The van der Waals surface area contributed by atoms with Crippen LogP contribution in [0.25, 0.3) is 0 Å². The van der Waals surface area contributed by atoms with Crippen LogP contribution in [0.5, 0.6) is 0 Å². The molecule has 0 saturated heterocycles. The fourth-order valence-corrected chi connectivity index (χ4v) is 0.718. The number of halogens is 1. The average molecular weight is 149 g/mol. The van der Waals surface area contributed by atoms with Gasteiger partial charge in [-0.05, 0) is 33.4 Å². The van der Waals surface area contributed by atoms with Crippen molar-refractivity contribution in [3.05, 3.63) is 0 Å². The highest BCUT2D eigenvalue weighted by Gasteiger charge is 2.10. The van der Waals surface area contributed by atoms with E-state index in [0.717, 1.165) is 13.0 Å². The zero-order valence-corrected chi connectivity index (χ0v) is 6.60. The smallest absolute Gasteiger partial charge is 0.123 e. The maximum atomic E-state index is 12.3. The number of alkyl halides is 1. The van der Waals surface area contributed by atoms with Crippen LogP contribution in [-0.2, 0) is 0 Å². The summed E-state index contributed by atoms with van der Waals surface area (Å²) in [5.74, 6) is 0. The second-order valence-electron chi connectivity index (χ2n) is 2.49. The lowest BCUT2D eigenvalue weighted by atomic mass is 10.1. The van der Waals surface area contributed by atoms with Crippen LogP contribution in [0.1, 0.15) is 19.8 Å². The summed E-state index contributed by atoms with van der Waals surface area (Å²) in [6.45, 7) is 2.22. The lowest BCUT2D eigenvalue weighted by Gasteiger charge is -2.10. The van der Waals surface area contributed by atoms with Crippen molar-refractivity contribution in [2.75, 3.05) is 13.6 Å². The predicted molar refractivity (Wildman–Crippen MR) is 39.7 cm³/mol. The van der Waals surface area contributed by atoms with Crippen LogP contribution in [0.2, 0.25) is 0 Å². The Kier molecular flexibility index (Phi) is 5.54. The summed E-state index contributed by atoms with van der Waals surface area (Å²) in [7, 11) is 1.84. The Morgan fingerprint density at radius 3 is 2.60 bits per heavy atom. The molecule has 2 N–H and O–H groups in total. The van der Waals surface area contributed by atoms with Gasteiger partial charge in [-0.1, -0.05) is 0 Å². The van der Waals surface area contributed by atoms with Crippen molar-refractivity contribution < 1.29 is 9.50 Å². The predicted octanol–water partition coefficient (Wildman–Crippen LogP) is 0.705. The van der Waals surface area contributed by atoms with E-state index >= 15 is 0 Å². The van der Waals surface area contributed by atoms with Crippen LogP contribution in [0.15, 0.2) is 0 Å². The van der Waals surface area contributed by atoms with Crippen LogP contribution in [0.4, 0.5) is 4.39 Å². The lowest BCUT2D eigenvalue weighted by molar-refractivity contribution is 0.0790. The summed E-state index contributed by atoms with van der Waals surface area (Å²) in [4.78, 5) is 0. The number of hydrogen-bond donors (Lipinski definition) is 2. The zero-order valence-electron chi connectivity index (χ0n) is 6.60. The summed E-state index contributed by atoms with van der Waals surface area (Å²) < 4.78 is 12.3. The quantitative estimate of drug-likeness (QED) is 0.564. The molecule has 62 valence electrons. The standard InChI is InChI=1S/C7H16FNO/c1-6(8)7(10)4-3-5-9-2/h6-7,9-10H,3-5H2,1-2H3. The molecular formula is C7H16FNO. The summed E-state index contributed by atoms with van der Waals surface area (Å²) >= 11 is 0. The molecule has 0 bridgehead atoms. The average Bonchev–Trinajstić information content (AvgIpc) is 1.88. The van der Waals surface area contributed by atoms with Gasteiger partial charge in [-0.2, -0.15) is 0 Å². The van der Waals surface area contributed by atoms with E-state index in [1.807, 2.05) is 7.05 Å². The van der Waals surface area contributed by atoms with Gasteiger partial charge in [0.2, 0.25) is 0 Å². The number of rotatable bonds is 5. The van der Waals surface area contributed by atoms with Crippen LogP contribution in [0.3, 0.4) is 0 Å². The highest BCUT2D eigenvalue weighted by Crippen LogP contribution is 2.03. The number of nitrogens with one attached hydrogen (secondary N) is 1. The van der Waals surface area contributed by atoms with Crippen molar-refractivity contribution in [3.63, 3.8) is 0 Å². The van der Waals surface area contributed by atoms with E-state index in [0.29, 0.717) is 6.42 Å². The number of aliphatic hydroxyl groups is 1. The first-order valence-corrected chi connectivity index (χ1v) is 3.65. The first-order chi connectivity index (χ1) is 4.68. The van der Waals surface area contributed by atoms with Crippen molar-refractivity contribution >= 4 is 0 Å². The maximum absolute atomic E-state index is 12.3. The first kappa shape index (κ1) is 9.85. The Balaban J connectivity index is 3.13. The molecule has 0 fully saturated rings. The first-order valence-electron chi connectivity index (χ1n) is 3.65. The number of hydrogen-bond acceptors (Lipinski definition) is 2. The van der Waals surface area contributed by atoms with E-state index in [2.05, 4.69) is 5.32 Å². The summed E-state index contributed by atoms with van der Waals surface area (Å²) in [6, 6.07) is 0. The Labute approximate surface area is 61.4 Å². The topological polar surface area (TPSA) is 32.3 Å². The normalized spacial score (nSPS) is 16.8. The van der Waals surface area contributed by atoms with Crippen LogP contribution in [-0.4, -0.2) is 31.0 Å². The van der Waals surface area contributed by atoms with E-state index in [4.69, 9.17) is 5.11 Å². The van der Waals surface area contributed by atoms with Crippen molar-refractivity contribution in [1.29, 1.82) is 0 Å². The lowest BCUT2D eigenvalue weighted by Crippen LogP contribution is -2.20. The van der Waals surface area contributed by atoms with Gasteiger partial charge in [-0.3, -0.25) is 0 Å². The van der Waals surface area contributed by atoms with Gasteiger partial charge in [0.05, 0.1) is 6.10 Å². The minimum Gasteiger partial charge on any atom is -0.390 e. The molecule has 0 aliphatic heterocycles. The molecule has 0 aromatic carbocycles. The molecular weight excluding hydrogens is 133 g/mol. The zero-order chi connectivity index (χ0) is 7.98. The third kappa shape index (κ3) is 4.70. The van der Waals surface area contributed by atoms with Crippen molar-refractivity contribution in [2.45, 2.75) is 32.0 Å². The Hall–Kier alpha value is -0.150. The molecule has 0 amide bonds. The molecule has 0 rings (SSSR count).